The molecule has 0 radical (unpaired) electrons. The molecule has 2 aliphatic rings. The van der Waals surface area contributed by atoms with E-state index in [-0.39, 0.29) is 0 Å². The summed E-state index contributed by atoms with van der Waals surface area (Å²) in [6, 6.07) is 11.3. The molecule has 1 aliphatic carbocycles. The molecule has 1 aliphatic heterocycles. The number of hydrogen-bond acceptors (Lipinski definition) is 3. The van der Waals surface area contributed by atoms with E-state index >= 15 is 0 Å². The van der Waals surface area contributed by atoms with Gasteiger partial charge in [0.2, 0.25) is 0 Å². The van der Waals surface area contributed by atoms with Crippen molar-refractivity contribution in [2.24, 2.45) is 0 Å². The quantitative estimate of drug-likeness (QED) is 0.732. The van der Waals surface area contributed by atoms with E-state index < -0.39 is 0 Å². The second-order valence-electron chi connectivity index (χ2n) is 8.23. The highest BCUT2D eigenvalue weighted by Gasteiger charge is 2.19. The number of hydrogen-bond donors (Lipinski definition) is 0. The fourth-order valence-electron chi connectivity index (χ4n) is 4.35. The average Bonchev–Trinajstić information content (AvgIpc) is 2.73. The number of benzene rings is 1. The van der Waals surface area contributed by atoms with Crippen LogP contribution in [0.4, 0.5) is 0 Å². The summed E-state index contributed by atoms with van der Waals surface area (Å²) in [6.45, 7) is 5.88. The highest BCUT2D eigenvalue weighted by atomic mass is 15.1. The molecule has 0 amide bonds. The number of pyridine rings is 1. The van der Waals surface area contributed by atoms with Gasteiger partial charge in [0.1, 0.15) is 0 Å². The molecule has 0 bridgehead atoms. The number of aromatic nitrogens is 1. The van der Waals surface area contributed by atoms with Crippen LogP contribution in [-0.4, -0.2) is 48.5 Å². The minimum atomic E-state index is 0.689. The molecule has 4 rings (SSSR count). The van der Waals surface area contributed by atoms with Crippen LogP contribution < -0.4 is 0 Å². The third kappa shape index (κ3) is 4.20. The molecular formula is C25H31N3. The van der Waals surface area contributed by atoms with Crippen molar-refractivity contribution in [2.75, 3.05) is 33.7 Å². The first-order valence-corrected chi connectivity index (χ1v) is 10.5. The SMILES string of the molecule is CCN1CCC(c2ccc3nc(C4=C/C(=C/N(C)C)CC=C4)ccc3c2)CC1. The van der Waals surface area contributed by atoms with Gasteiger partial charge in [-0.25, -0.2) is 4.98 Å². The summed E-state index contributed by atoms with van der Waals surface area (Å²) in [7, 11) is 4.13. The van der Waals surface area contributed by atoms with Crippen molar-refractivity contribution >= 4 is 16.5 Å². The first-order valence-electron chi connectivity index (χ1n) is 10.5. The molecule has 0 saturated carbocycles. The topological polar surface area (TPSA) is 19.4 Å². The minimum Gasteiger partial charge on any atom is -0.383 e. The first kappa shape index (κ1) is 18.9. The van der Waals surface area contributed by atoms with Crippen molar-refractivity contribution in [3.05, 3.63) is 71.6 Å². The maximum atomic E-state index is 4.96. The van der Waals surface area contributed by atoms with Crippen molar-refractivity contribution in [1.29, 1.82) is 0 Å². The lowest BCUT2D eigenvalue weighted by Gasteiger charge is -2.31. The number of allylic oxidation sites excluding steroid dienone is 5. The maximum Gasteiger partial charge on any atom is 0.0709 e. The van der Waals surface area contributed by atoms with Gasteiger partial charge in [-0.1, -0.05) is 31.2 Å². The molecule has 2 aromatic rings. The van der Waals surface area contributed by atoms with E-state index in [9.17, 15) is 0 Å². The summed E-state index contributed by atoms with van der Waals surface area (Å²) in [5.41, 5.74) is 6.13. The van der Waals surface area contributed by atoms with Crippen molar-refractivity contribution in [2.45, 2.75) is 32.1 Å². The van der Waals surface area contributed by atoms with Gasteiger partial charge in [0, 0.05) is 31.3 Å². The van der Waals surface area contributed by atoms with Gasteiger partial charge >= 0.3 is 0 Å². The van der Waals surface area contributed by atoms with Crippen molar-refractivity contribution < 1.29 is 0 Å². The molecule has 1 fully saturated rings. The zero-order chi connectivity index (χ0) is 19.5. The number of piperidine rings is 1. The molecule has 1 aromatic heterocycles. The highest BCUT2D eigenvalue weighted by molar-refractivity contribution is 5.84. The highest BCUT2D eigenvalue weighted by Crippen LogP contribution is 2.31. The summed E-state index contributed by atoms with van der Waals surface area (Å²) in [6.07, 6.45) is 12.4. The van der Waals surface area contributed by atoms with Crippen LogP contribution >= 0.6 is 0 Å². The molecule has 3 nitrogen and oxygen atoms in total. The number of likely N-dealkylation sites (tertiary alicyclic amines) is 1. The Balaban J connectivity index is 1.57. The Hall–Kier alpha value is -2.39. The Bertz CT molecular complexity index is 928. The summed E-state index contributed by atoms with van der Waals surface area (Å²) >= 11 is 0. The van der Waals surface area contributed by atoms with E-state index in [1.54, 1.807) is 0 Å². The van der Waals surface area contributed by atoms with Gasteiger partial charge in [0.25, 0.3) is 0 Å². The largest absolute Gasteiger partial charge is 0.383 e. The van der Waals surface area contributed by atoms with Gasteiger partial charge in [-0.3, -0.25) is 0 Å². The smallest absolute Gasteiger partial charge is 0.0709 e. The van der Waals surface area contributed by atoms with Crippen LogP contribution in [0.2, 0.25) is 0 Å². The Kier molecular flexibility index (Phi) is 5.63. The Labute approximate surface area is 169 Å². The summed E-state index contributed by atoms with van der Waals surface area (Å²) in [5.74, 6) is 0.689. The molecular weight excluding hydrogens is 342 g/mol. The van der Waals surface area contributed by atoms with Crippen LogP contribution in [0.15, 0.2) is 60.3 Å². The zero-order valence-electron chi connectivity index (χ0n) is 17.4. The zero-order valence-corrected chi connectivity index (χ0v) is 17.4. The predicted molar refractivity (Wildman–Crippen MR) is 119 cm³/mol. The lowest BCUT2D eigenvalue weighted by atomic mass is 9.88. The van der Waals surface area contributed by atoms with Gasteiger partial charge in [-0.2, -0.15) is 0 Å². The van der Waals surface area contributed by atoms with Gasteiger partial charge < -0.3 is 9.80 Å². The molecule has 0 unspecified atom stereocenters. The molecule has 28 heavy (non-hydrogen) atoms. The van der Waals surface area contributed by atoms with Gasteiger partial charge in [-0.05, 0) is 80.2 Å². The fraction of sp³-hybridized carbons (Fsp3) is 0.400. The van der Waals surface area contributed by atoms with Crippen molar-refractivity contribution in [3.8, 4) is 0 Å². The van der Waals surface area contributed by atoms with Crippen LogP contribution in [-0.2, 0) is 0 Å². The average molecular weight is 374 g/mol. The van der Waals surface area contributed by atoms with Gasteiger partial charge in [-0.15, -0.1) is 0 Å². The predicted octanol–water partition coefficient (Wildman–Crippen LogP) is 5.22. The van der Waals surface area contributed by atoms with E-state index in [4.69, 9.17) is 4.98 Å². The van der Waals surface area contributed by atoms with Crippen molar-refractivity contribution in [1.82, 2.24) is 14.8 Å². The molecule has 3 heteroatoms. The Morgan fingerprint density at radius 2 is 1.96 bits per heavy atom. The van der Waals surface area contributed by atoms with E-state index in [1.165, 1.54) is 54.6 Å². The molecule has 146 valence electrons. The molecule has 1 aromatic carbocycles. The second-order valence-corrected chi connectivity index (χ2v) is 8.23. The van der Waals surface area contributed by atoms with Crippen LogP contribution in [0.25, 0.3) is 16.5 Å². The molecule has 1 saturated heterocycles. The molecule has 0 atom stereocenters. The second kappa shape index (κ2) is 8.32. The molecule has 2 heterocycles. The third-order valence-electron chi connectivity index (χ3n) is 5.93. The van der Waals surface area contributed by atoms with E-state index in [2.05, 4.69) is 85.6 Å². The lowest BCUT2D eigenvalue weighted by Crippen LogP contribution is -2.32. The summed E-state index contributed by atoms with van der Waals surface area (Å²) in [4.78, 5) is 9.61. The van der Waals surface area contributed by atoms with Crippen LogP contribution in [0, 0.1) is 0 Å². The Morgan fingerprint density at radius 1 is 1.14 bits per heavy atom. The summed E-state index contributed by atoms with van der Waals surface area (Å²) < 4.78 is 0. The number of nitrogens with zero attached hydrogens (tertiary/aromatic N) is 3. The van der Waals surface area contributed by atoms with E-state index in [0.29, 0.717) is 5.92 Å². The monoisotopic (exact) mass is 373 g/mol. The maximum absolute atomic E-state index is 4.96. The van der Waals surface area contributed by atoms with Crippen molar-refractivity contribution in [3.63, 3.8) is 0 Å². The van der Waals surface area contributed by atoms with Gasteiger partial charge in [0.05, 0.1) is 11.2 Å². The van der Waals surface area contributed by atoms with E-state index in [1.807, 2.05) is 0 Å². The lowest BCUT2D eigenvalue weighted by molar-refractivity contribution is 0.222. The molecule has 0 spiro atoms. The van der Waals surface area contributed by atoms with E-state index in [0.717, 1.165) is 17.6 Å². The van der Waals surface area contributed by atoms with Gasteiger partial charge in [0.15, 0.2) is 0 Å². The third-order valence-corrected chi connectivity index (χ3v) is 5.93. The van der Waals surface area contributed by atoms with Crippen LogP contribution in [0.1, 0.15) is 43.4 Å². The normalized spacial score (nSPS) is 20.0. The van der Waals surface area contributed by atoms with Crippen LogP contribution in [0.5, 0.6) is 0 Å². The molecule has 0 N–H and O–H groups in total. The van der Waals surface area contributed by atoms with Crippen LogP contribution in [0.3, 0.4) is 0 Å². The number of rotatable bonds is 4. The summed E-state index contributed by atoms with van der Waals surface area (Å²) in [5, 5.41) is 1.25. The minimum absolute atomic E-state index is 0.689. The Morgan fingerprint density at radius 3 is 2.71 bits per heavy atom. The first-order chi connectivity index (χ1) is 13.6. The number of fused-ring (bicyclic) bond motifs is 1. The standard InChI is InChI=1S/C25H31N3/c1-4-28-14-12-20(13-15-28)21-8-10-25-23(17-21)9-11-24(26-25)22-7-5-6-19(16-22)18-27(2)3/h5,7-11,16-18,20H,4,6,12-15H2,1-3H3/b19-18+. The fourth-order valence-corrected chi connectivity index (χ4v) is 4.35.